The predicted molar refractivity (Wildman–Crippen MR) is 84.0 cm³/mol. The number of aromatic nitrogens is 1. The van der Waals surface area contributed by atoms with Gasteiger partial charge in [0.1, 0.15) is 0 Å². The molecule has 1 aliphatic heterocycles. The minimum absolute atomic E-state index is 0.577. The maximum atomic E-state index is 12.6. The molecular weight excluding hydrogens is 305 g/mol. The molecule has 1 aromatic carbocycles. The Hall–Kier alpha value is -2.28. The van der Waals surface area contributed by atoms with Crippen LogP contribution in [0.5, 0.6) is 0 Å². The van der Waals surface area contributed by atoms with E-state index in [1.54, 1.807) is 6.20 Å². The molecule has 1 saturated heterocycles. The highest BCUT2D eigenvalue weighted by atomic mass is 19.4. The lowest BCUT2D eigenvalue weighted by Gasteiger charge is -2.30. The number of nitrogens with one attached hydrogen (secondary N) is 2. The Balaban J connectivity index is 1.80. The number of pyridine rings is 1. The van der Waals surface area contributed by atoms with Crippen LogP contribution in [-0.2, 0) is 6.18 Å². The molecule has 23 heavy (non-hydrogen) atoms. The highest BCUT2D eigenvalue weighted by Crippen LogP contribution is 2.31. The summed E-state index contributed by atoms with van der Waals surface area (Å²) in [5.41, 5.74) is 0.869. The Labute approximate surface area is 132 Å². The Morgan fingerprint density at radius 1 is 1.04 bits per heavy atom. The SMILES string of the molecule is FC(F)(F)c1ccc(Nc2ncccc2N2CCNCC2)cc1. The summed E-state index contributed by atoms with van der Waals surface area (Å²) < 4.78 is 37.8. The molecule has 2 heterocycles. The summed E-state index contributed by atoms with van der Waals surface area (Å²) in [6.07, 6.45) is -2.66. The van der Waals surface area contributed by atoms with Crippen molar-refractivity contribution >= 4 is 17.2 Å². The molecule has 7 heteroatoms. The van der Waals surface area contributed by atoms with Gasteiger partial charge < -0.3 is 15.5 Å². The van der Waals surface area contributed by atoms with Gasteiger partial charge in [-0.2, -0.15) is 13.2 Å². The second kappa shape index (κ2) is 6.45. The number of anilines is 3. The maximum Gasteiger partial charge on any atom is 0.416 e. The van der Waals surface area contributed by atoms with E-state index in [0.29, 0.717) is 11.5 Å². The van der Waals surface area contributed by atoms with Crippen LogP contribution in [0, 0.1) is 0 Å². The van der Waals surface area contributed by atoms with E-state index < -0.39 is 11.7 Å². The predicted octanol–water partition coefficient (Wildman–Crippen LogP) is 3.25. The van der Waals surface area contributed by atoms with Gasteiger partial charge in [0, 0.05) is 38.1 Å². The molecule has 2 aromatic rings. The maximum absolute atomic E-state index is 12.6. The Morgan fingerprint density at radius 3 is 2.39 bits per heavy atom. The number of rotatable bonds is 3. The molecule has 0 spiro atoms. The van der Waals surface area contributed by atoms with Gasteiger partial charge in [0.15, 0.2) is 5.82 Å². The summed E-state index contributed by atoms with van der Waals surface area (Å²) in [6.45, 7) is 3.53. The van der Waals surface area contributed by atoms with E-state index in [1.165, 1.54) is 12.1 Å². The van der Waals surface area contributed by atoms with E-state index in [9.17, 15) is 13.2 Å². The van der Waals surface area contributed by atoms with Crippen LogP contribution in [0.2, 0.25) is 0 Å². The van der Waals surface area contributed by atoms with Crippen LogP contribution in [0.3, 0.4) is 0 Å². The molecule has 0 radical (unpaired) electrons. The fraction of sp³-hybridized carbons (Fsp3) is 0.312. The van der Waals surface area contributed by atoms with Crippen LogP contribution >= 0.6 is 0 Å². The van der Waals surface area contributed by atoms with Gasteiger partial charge in [-0.15, -0.1) is 0 Å². The van der Waals surface area contributed by atoms with Crippen LogP contribution in [0.25, 0.3) is 0 Å². The second-order valence-corrected chi connectivity index (χ2v) is 5.31. The van der Waals surface area contributed by atoms with E-state index in [2.05, 4.69) is 20.5 Å². The smallest absolute Gasteiger partial charge is 0.366 e. The minimum atomic E-state index is -4.32. The molecule has 0 unspecified atom stereocenters. The normalized spacial score (nSPS) is 15.5. The molecule has 1 aliphatic rings. The van der Waals surface area contributed by atoms with Crippen molar-refractivity contribution < 1.29 is 13.2 Å². The van der Waals surface area contributed by atoms with Gasteiger partial charge >= 0.3 is 6.18 Å². The van der Waals surface area contributed by atoms with Gasteiger partial charge in [0.05, 0.1) is 11.3 Å². The number of alkyl halides is 3. The lowest BCUT2D eigenvalue weighted by Crippen LogP contribution is -2.43. The number of benzene rings is 1. The van der Waals surface area contributed by atoms with Crippen molar-refractivity contribution in [2.24, 2.45) is 0 Å². The van der Waals surface area contributed by atoms with Crippen LogP contribution in [-0.4, -0.2) is 31.2 Å². The van der Waals surface area contributed by atoms with E-state index in [0.717, 1.165) is 44.0 Å². The topological polar surface area (TPSA) is 40.2 Å². The molecule has 122 valence electrons. The second-order valence-electron chi connectivity index (χ2n) is 5.31. The first-order valence-electron chi connectivity index (χ1n) is 7.39. The summed E-state index contributed by atoms with van der Waals surface area (Å²) in [6, 6.07) is 8.78. The van der Waals surface area contributed by atoms with Crippen LogP contribution in [0.15, 0.2) is 42.6 Å². The van der Waals surface area contributed by atoms with Crippen molar-refractivity contribution in [3.8, 4) is 0 Å². The van der Waals surface area contributed by atoms with Crippen molar-refractivity contribution in [3.63, 3.8) is 0 Å². The van der Waals surface area contributed by atoms with Crippen LogP contribution in [0.4, 0.5) is 30.4 Å². The average Bonchev–Trinajstić information content (AvgIpc) is 2.56. The van der Waals surface area contributed by atoms with E-state index >= 15 is 0 Å². The molecule has 2 N–H and O–H groups in total. The number of halogens is 3. The molecule has 0 saturated carbocycles. The molecular formula is C16H17F3N4. The highest BCUT2D eigenvalue weighted by Gasteiger charge is 2.30. The summed E-state index contributed by atoms with van der Waals surface area (Å²) in [5.74, 6) is 0.647. The standard InChI is InChI=1S/C16H17F3N4/c17-16(18,19)12-3-5-13(6-4-12)22-15-14(2-1-7-21-15)23-10-8-20-9-11-23/h1-7,20H,8-11H2,(H,21,22). The first kappa shape index (κ1) is 15.6. The Bertz CT molecular complexity index is 649. The highest BCUT2D eigenvalue weighted by molar-refractivity contribution is 5.71. The summed E-state index contributed by atoms with van der Waals surface area (Å²) in [5, 5.41) is 6.39. The fourth-order valence-electron chi connectivity index (χ4n) is 2.53. The molecule has 1 fully saturated rings. The lowest BCUT2D eigenvalue weighted by molar-refractivity contribution is -0.137. The van der Waals surface area contributed by atoms with Gasteiger partial charge in [-0.05, 0) is 36.4 Å². The molecule has 0 atom stereocenters. The number of hydrogen-bond donors (Lipinski definition) is 2. The Morgan fingerprint density at radius 2 is 1.74 bits per heavy atom. The quantitative estimate of drug-likeness (QED) is 0.910. The third-order valence-corrected chi connectivity index (χ3v) is 3.72. The summed E-state index contributed by atoms with van der Waals surface area (Å²) >= 11 is 0. The number of nitrogens with zero attached hydrogens (tertiary/aromatic N) is 2. The Kier molecular flexibility index (Phi) is 4.38. The van der Waals surface area contributed by atoms with Crippen molar-refractivity contribution in [2.75, 3.05) is 36.4 Å². The number of hydrogen-bond acceptors (Lipinski definition) is 4. The van der Waals surface area contributed by atoms with Crippen molar-refractivity contribution in [2.45, 2.75) is 6.18 Å². The fourth-order valence-corrected chi connectivity index (χ4v) is 2.53. The van der Waals surface area contributed by atoms with Crippen LogP contribution in [0.1, 0.15) is 5.56 Å². The zero-order valence-corrected chi connectivity index (χ0v) is 12.4. The first-order valence-corrected chi connectivity index (χ1v) is 7.39. The molecule has 0 aliphatic carbocycles. The first-order chi connectivity index (χ1) is 11.0. The third-order valence-electron chi connectivity index (χ3n) is 3.72. The molecule has 4 nitrogen and oxygen atoms in total. The van der Waals surface area contributed by atoms with Gasteiger partial charge in [0.25, 0.3) is 0 Å². The van der Waals surface area contributed by atoms with E-state index in [4.69, 9.17) is 0 Å². The molecule has 0 amide bonds. The van der Waals surface area contributed by atoms with E-state index in [-0.39, 0.29) is 0 Å². The van der Waals surface area contributed by atoms with E-state index in [1.807, 2.05) is 12.1 Å². The van der Waals surface area contributed by atoms with Crippen molar-refractivity contribution in [3.05, 3.63) is 48.2 Å². The van der Waals surface area contributed by atoms with Crippen LogP contribution < -0.4 is 15.5 Å². The van der Waals surface area contributed by atoms with Gasteiger partial charge in [-0.3, -0.25) is 0 Å². The third kappa shape index (κ3) is 3.73. The largest absolute Gasteiger partial charge is 0.416 e. The molecule has 1 aromatic heterocycles. The minimum Gasteiger partial charge on any atom is -0.366 e. The van der Waals surface area contributed by atoms with Gasteiger partial charge in [-0.25, -0.2) is 4.98 Å². The zero-order valence-electron chi connectivity index (χ0n) is 12.4. The summed E-state index contributed by atoms with van der Waals surface area (Å²) in [4.78, 5) is 6.53. The molecule has 3 rings (SSSR count). The zero-order chi connectivity index (χ0) is 16.3. The lowest BCUT2D eigenvalue weighted by atomic mass is 10.2. The van der Waals surface area contributed by atoms with Gasteiger partial charge in [-0.1, -0.05) is 0 Å². The number of piperazine rings is 1. The van der Waals surface area contributed by atoms with Crippen molar-refractivity contribution in [1.29, 1.82) is 0 Å². The van der Waals surface area contributed by atoms with Crippen molar-refractivity contribution in [1.82, 2.24) is 10.3 Å². The monoisotopic (exact) mass is 322 g/mol. The average molecular weight is 322 g/mol. The molecule has 0 bridgehead atoms. The van der Waals surface area contributed by atoms with Gasteiger partial charge in [0.2, 0.25) is 0 Å². The summed E-state index contributed by atoms with van der Waals surface area (Å²) in [7, 11) is 0.